The number of hydrogen-bond acceptors (Lipinski definition) is 3. The number of rotatable bonds is 6. The molecule has 1 aromatic carbocycles. The summed E-state index contributed by atoms with van der Waals surface area (Å²) in [6, 6.07) is 5.90. The lowest BCUT2D eigenvalue weighted by Crippen LogP contribution is -2.40. The van der Waals surface area contributed by atoms with Gasteiger partial charge < -0.3 is 14.7 Å². The molecule has 5 nitrogen and oxygen atoms in total. The highest BCUT2D eigenvalue weighted by atomic mass is 35.5. The summed E-state index contributed by atoms with van der Waals surface area (Å²) in [5, 5.41) is 0.947. The molecule has 30 heavy (non-hydrogen) atoms. The zero-order valence-corrected chi connectivity index (χ0v) is 19.2. The number of carbonyl (C=O) groups is 2. The van der Waals surface area contributed by atoms with Crippen molar-refractivity contribution in [2.75, 3.05) is 39.3 Å². The maximum atomic E-state index is 12.6. The van der Waals surface area contributed by atoms with Gasteiger partial charge in [-0.15, -0.1) is 0 Å². The van der Waals surface area contributed by atoms with Gasteiger partial charge in [0.1, 0.15) is 0 Å². The molecule has 2 saturated heterocycles. The van der Waals surface area contributed by atoms with E-state index < -0.39 is 0 Å². The second kappa shape index (κ2) is 11.2. The molecule has 1 atom stereocenters. The number of halogens is 2. The molecule has 1 unspecified atom stereocenters. The molecule has 2 aliphatic heterocycles. The lowest BCUT2D eigenvalue weighted by Gasteiger charge is -2.33. The van der Waals surface area contributed by atoms with E-state index in [4.69, 9.17) is 23.2 Å². The van der Waals surface area contributed by atoms with Crippen LogP contribution in [0.3, 0.4) is 0 Å². The summed E-state index contributed by atoms with van der Waals surface area (Å²) in [5.74, 6) is 0.0586. The minimum Gasteiger partial charge on any atom is -0.341 e. The van der Waals surface area contributed by atoms with Crippen molar-refractivity contribution in [1.29, 1.82) is 0 Å². The minimum absolute atomic E-state index is 0.0853. The van der Waals surface area contributed by atoms with Crippen LogP contribution in [0.2, 0.25) is 10.0 Å². The van der Waals surface area contributed by atoms with Gasteiger partial charge in [-0.1, -0.05) is 35.7 Å². The van der Waals surface area contributed by atoms with E-state index in [9.17, 15) is 9.59 Å². The van der Waals surface area contributed by atoms with Crippen LogP contribution in [-0.4, -0.2) is 71.8 Å². The summed E-state index contributed by atoms with van der Waals surface area (Å²) >= 11 is 12.0. The topological polar surface area (TPSA) is 43.9 Å². The predicted octanol–water partition coefficient (Wildman–Crippen LogP) is 4.33. The third kappa shape index (κ3) is 6.47. The van der Waals surface area contributed by atoms with Crippen LogP contribution in [0.15, 0.2) is 24.3 Å². The summed E-state index contributed by atoms with van der Waals surface area (Å²) in [4.78, 5) is 31.3. The second-order valence-corrected chi connectivity index (χ2v) is 9.01. The molecule has 0 aliphatic carbocycles. The van der Waals surface area contributed by atoms with E-state index >= 15 is 0 Å². The number of hydrogen-bond donors (Lipinski definition) is 0. The van der Waals surface area contributed by atoms with Gasteiger partial charge in [0.25, 0.3) is 0 Å². The van der Waals surface area contributed by atoms with Crippen LogP contribution in [0.4, 0.5) is 0 Å². The first-order valence-corrected chi connectivity index (χ1v) is 11.6. The Morgan fingerprint density at radius 2 is 1.93 bits per heavy atom. The Labute approximate surface area is 189 Å². The van der Waals surface area contributed by atoms with E-state index in [0.717, 1.165) is 25.1 Å². The Morgan fingerprint density at radius 3 is 2.70 bits per heavy atom. The first-order valence-electron chi connectivity index (χ1n) is 10.9. The van der Waals surface area contributed by atoms with Gasteiger partial charge in [0.2, 0.25) is 11.8 Å². The quantitative estimate of drug-likeness (QED) is 0.604. The Morgan fingerprint density at radius 1 is 1.10 bits per heavy atom. The van der Waals surface area contributed by atoms with Crippen LogP contribution in [0, 0.1) is 0 Å². The molecule has 0 saturated carbocycles. The average Bonchev–Trinajstić information content (AvgIpc) is 2.92. The lowest BCUT2D eigenvalue weighted by atomic mass is 10.0. The first-order chi connectivity index (χ1) is 14.4. The van der Waals surface area contributed by atoms with Crippen molar-refractivity contribution in [3.8, 4) is 0 Å². The van der Waals surface area contributed by atoms with Crippen molar-refractivity contribution in [2.24, 2.45) is 0 Å². The van der Waals surface area contributed by atoms with Crippen LogP contribution in [-0.2, 0) is 9.59 Å². The summed E-state index contributed by atoms with van der Waals surface area (Å²) in [7, 11) is 0. The molecule has 0 spiro atoms. The van der Waals surface area contributed by atoms with Crippen LogP contribution in [0.1, 0.15) is 44.6 Å². The summed E-state index contributed by atoms with van der Waals surface area (Å²) in [6.07, 6.45) is 8.51. The Kier molecular flexibility index (Phi) is 8.61. The molecule has 2 aliphatic rings. The molecule has 2 heterocycles. The molecule has 3 rings (SSSR count). The Hall–Kier alpha value is -1.56. The maximum Gasteiger partial charge on any atom is 0.246 e. The van der Waals surface area contributed by atoms with Crippen LogP contribution < -0.4 is 0 Å². The molecule has 0 N–H and O–H groups in total. The first kappa shape index (κ1) is 23.1. The molecule has 0 radical (unpaired) electrons. The zero-order chi connectivity index (χ0) is 21.5. The van der Waals surface area contributed by atoms with Gasteiger partial charge in [0.05, 0.1) is 10.0 Å². The van der Waals surface area contributed by atoms with Gasteiger partial charge >= 0.3 is 0 Å². The Bertz CT molecular complexity index is 784. The summed E-state index contributed by atoms with van der Waals surface area (Å²) in [6.45, 7) is 6.90. The number of carbonyl (C=O) groups excluding carboxylic acids is 2. The molecule has 164 valence electrons. The molecule has 1 aromatic rings. The van der Waals surface area contributed by atoms with Gasteiger partial charge in [-0.05, 0) is 56.5 Å². The van der Waals surface area contributed by atoms with Crippen LogP contribution in [0.25, 0.3) is 6.08 Å². The average molecular weight is 452 g/mol. The van der Waals surface area contributed by atoms with Crippen molar-refractivity contribution in [3.05, 3.63) is 39.9 Å². The molecule has 0 aromatic heterocycles. The summed E-state index contributed by atoms with van der Waals surface area (Å²) in [5.41, 5.74) is 0.817. The largest absolute Gasteiger partial charge is 0.341 e. The molecule has 2 amide bonds. The monoisotopic (exact) mass is 451 g/mol. The van der Waals surface area contributed by atoms with Crippen LogP contribution in [0.5, 0.6) is 0 Å². The van der Waals surface area contributed by atoms with Crippen LogP contribution >= 0.6 is 23.2 Å². The fourth-order valence-electron chi connectivity index (χ4n) is 4.17. The van der Waals surface area contributed by atoms with Crippen molar-refractivity contribution in [2.45, 2.75) is 45.1 Å². The van der Waals surface area contributed by atoms with Crippen molar-refractivity contribution in [1.82, 2.24) is 14.7 Å². The van der Waals surface area contributed by atoms with Gasteiger partial charge in [0.15, 0.2) is 0 Å². The predicted molar refractivity (Wildman–Crippen MR) is 123 cm³/mol. The highest BCUT2D eigenvalue weighted by Gasteiger charge is 2.23. The second-order valence-electron chi connectivity index (χ2n) is 8.20. The van der Waals surface area contributed by atoms with E-state index in [1.54, 1.807) is 23.1 Å². The SMILES string of the molecule is CC1CCCCN1CCCN1CCN(C(=O)C=Cc2ccc(Cl)c(Cl)c2)CCC1=O. The smallest absolute Gasteiger partial charge is 0.246 e. The van der Waals surface area contributed by atoms with E-state index in [0.29, 0.717) is 42.1 Å². The van der Waals surface area contributed by atoms with E-state index in [-0.39, 0.29) is 11.8 Å². The number of piperidine rings is 1. The standard InChI is InChI=1S/C23H31Cl2N3O2/c1-18-5-2-3-11-26(18)12-4-13-27-15-16-28(14-10-23(27)30)22(29)9-7-19-6-8-20(24)21(25)17-19/h6-9,17-18H,2-5,10-16H2,1H3. The number of likely N-dealkylation sites (tertiary alicyclic amines) is 1. The van der Waals surface area contributed by atoms with Crippen molar-refractivity contribution in [3.63, 3.8) is 0 Å². The number of benzene rings is 1. The summed E-state index contributed by atoms with van der Waals surface area (Å²) < 4.78 is 0. The Balaban J connectivity index is 1.47. The van der Waals surface area contributed by atoms with Crippen molar-refractivity contribution < 1.29 is 9.59 Å². The van der Waals surface area contributed by atoms with Gasteiger partial charge in [-0.25, -0.2) is 0 Å². The van der Waals surface area contributed by atoms with E-state index in [2.05, 4.69) is 11.8 Å². The molecule has 2 fully saturated rings. The molecule has 7 heteroatoms. The van der Waals surface area contributed by atoms with Gasteiger partial charge in [-0.2, -0.15) is 0 Å². The highest BCUT2D eigenvalue weighted by Crippen LogP contribution is 2.23. The number of nitrogens with zero attached hydrogens (tertiary/aromatic N) is 3. The van der Waals surface area contributed by atoms with Crippen molar-refractivity contribution >= 4 is 41.1 Å². The normalized spacial score (nSPS) is 21.3. The third-order valence-electron chi connectivity index (χ3n) is 6.08. The number of amides is 2. The fourth-order valence-corrected chi connectivity index (χ4v) is 4.47. The lowest BCUT2D eigenvalue weighted by molar-refractivity contribution is -0.130. The molecular weight excluding hydrogens is 421 g/mol. The minimum atomic E-state index is -0.0853. The van der Waals surface area contributed by atoms with Gasteiger partial charge in [-0.3, -0.25) is 9.59 Å². The van der Waals surface area contributed by atoms with E-state index in [1.807, 2.05) is 11.0 Å². The van der Waals surface area contributed by atoms with Gasteiger partial charge in [0, 0.05) is 51.3 Å². The zero-order valence-electron chi connectivity index (χ0n) is 17.7. The third-order valence-corrected chi connectivity index (χ3v) is 6.81. The molecular formula is C23H31Cl2N3O2. The fraction of sp³-hybridized carbons (Fsp3) is 0.565. The maximum absolute atomic E-state index is 12.6. The molecule has 0 bridgehead atoms. The van der Waals surface area contributed by atoms with E-state index in [1.165, 1.54) is 31.9 Å². The highest BCUT2D eigenvalue weighted by molar-refractivity contribution is 6.42.